The van der Waals surface area contributed by atoms with Gasteiger partial charge >= 0.3 is 0 Å². The Kier molecular flexibility index (Phi) is 3.25. The Bertz CT molecular complexity index is 369. The smallest absolute Gasteiger partial charge is 0.133 e. The predicted molar refractivity (Wildman–Crippen MR) is 67.4 cm³/mol. The molecule has 1 aliphatic carbocycles. The minimum atomic E-state index is 0.0229. The summed E-state index contributed by atoms with van der Waals surface area (Å²) in [6.07, 6.45) is 6.27. The highest BCUT2D eigenvalue weighted by Gasteiger charge is 2.30. The summed E-state index contributed by atoms with van der Waals surface area (Å²) in [7, 11) is 0. The van der Waals surface area contributed by atoms with Gasteiger partial charge in [0.1, 0.15) is 5.82 Å². The van der Waals surface area contributed by atoms with E-state index in [9.17, 15) is 0 Å². The summed E-state index contributed by atoms with van der Waals surface area (Å²) >= 11 is 0. The van der Waals surface area contributed by atoms with Gasteiger partial charge in [-0.15, -0.1) is 6.58 Å². The second-order valence-corrected chi connectivity index (χ2v) is 4.38. The van der Waals surface area contributed by atoms with Crippen molar-refractivity contribution in [2.75, 3.05) is 11.4 Å². The molecule has 0 spiro atoms. The molecule has 0 amide bonds. The normalized spacial score (nSPS) is 16.9. The van der Waals surface area contributed by atoms with Gasteiger partial charge < -0.3 is 10.6 Å². The fourth-order valence-corrected chi connectivity index (χ4v) is 1.94. The maximum atomic E-state index is 5.98. The lowest BCUT2D eigenvalue weighted by Gasteiger charge is -2.25. The number of pyridine rings is 1. The van der Waals surface area contributed by atoms with Crippen molar-refractivity contribution < 1.29 is 0 Å². The van der Waals surface area contributed by atoms with Gasteiger partial charge in [0.15, 0.2) is 0 Å². The molecule has 0 aliphatic heterocycles. The van der Waals surface area contributed by atoms with Gasteiger partial charge in [-0.05, 0) is 25.8 Å². The molecule has 0 radical (unpaired) electrons. The van der Waals surface area contributed by atoms with E-state index in [-0.39, 0.29) is 6.04 Å². The molecule has 1 aromatic heterocycles. The fraction of sp³-hybridized carbons (Fsp3) is 0.462. The van der Waals surface area contributed by atoms with Crippen LogP contribution in [0.5, 0.6) is 0 Å². The van der Waals surface area contributed by atoms with Crippen molar-refractivity contribution in [2.45, 2.75) is 31.8 Å². The van der Waals surface area contributed by atoms with Crippen LogP contribution in [0, 0.1) is 0 Å². The molecule has 86 valence electrons. The van der Waals surface area contributed by atoms with E-state index in [1.807, 2.05) is 25.3 Å². The van der Waals surface area contributed by atoms with Crippen molar-refractivity contribution in [3.05, 3.63) is 36.5 Å². The molecule has 1 unspecified atom stereocenters. The predicted octanol–water partition coefficient (Wildman–Crippen LogP) is 2.26. The number of rotatable bonds is 5. The topological polar surface area (TPSA) is 42.2 Å². The van der Waals surface area contributed by atoms with Crippen molar-refractivity contribution >= 4 is 5.82 Å². The molecule has 1 heterocycles. The summed E-state index contributed by atoms with van der Waals surface area (Å²) in [5.74, 6) is 1.03. The first-order chi connectivity index (χ1) is 7.74. The molecule has 2 N–H and O–H groups in total. The molecule has 3 nitrogen and oxygen atoms in total. The van der Waals surface area contributed by atoms with Crippen LogP contribution in [-0.4, -0.2) is 17.6 Å². The van der Waals surface area contributed by atoms with Gasteiger partial charge in [0.25, 0.3) is 0 Å². The van der Waals surface area contributed by atoms with Crippen molar-refractivity contribution in [2.24, 2.45) is 5.73 Å². The van der Waals surface area contributed by atoms with Gasteiger partial charge in [0, 0.05) is 30.4 Å². The highest BCUT2D eigenvalue weighted by atomic mass is 15.2. The van der Waals surface area contributed by atoms with Crippen LogP contribution >= 0.6 is 0 Å². The molecule has 1 aromatic rings. The van der Waals surface area contributed by atoms with Gasteiger partial charge in [-0.3, -0.25) is 0 Å². The molecule has 3 heteroatoms. The Morgan fingerprint density at radius 3 is 3.00 bits per heavy atom. The number of hydrogen-bond donors (Lipinski definition) is 1. The summed E-state index contributed by atoms with van der Waals surface area (Å²) < 4.78 is 0. The molecule has 0 saturated heterocycles. The van der Waals surface area contributed by atoms with Crippen molar-refractivity contribution in [1.82, 2.24) is 4.98 Å². The molecule has 1 saturated carbocycles. The first-order valence-corrected chi connectivity index (χ1v) is 5.82. The number of anilines is 1. The molecule has 0 aromatic carbocycles. The first kappa shape index (κ1) is 11.1. The van der Waals surface area contributed by atoms with Crippen LogP contribution in [0.1, 0.15) is 31.4 Å². The zero-order chi connectivity index (χ0) is 11.5. The average molecular weight is 217 g/mol. The van der Waals surface area contributed by atoms with Gasteiger partial charge in [-0.25, -0.2) is 4.98 Å². The van der Waals surface area contributed by atoms with Gasteiger partial charge in [0.05, 0.1) is 0 Å². The van der Waals surface area contributed by atoms with Crippen LogP contribution in [0.25, 0.3) is 0 Å². The van der Waals surface area contributed by atoms with Gasteiger partial charge in [-0.2, -0.15) is 0 Å². The lowest BCUT2D eigenvalue weighted by molar-refractivity contribution is 0.773. The van der Waals surface area contributed by atoms with E-state index in [4.69, 9.17) is 5.73 Å². The number of aromatic nitrogens is 1. The van der Waals surface area contributed by atoms with Crippen LogP contribution in [0.4, 0.5) is 5.82 Å². The Labute approximate surface area is 97.0 Å². The summed E-state index contributed by atoms with van der Waals surface area (Å²) in [5, 5.41) is 0. The number of nitrogens with zero attached hydrogens (tertiary/aromatic N) is 2. The lowest BCUT2D eigenvalue weighted by Crippen LogP contribution is -2.28. The highest BCUT2D eigenvalue weighted by Crippen LogP contribution is 2.33. The number of nitrogens with two attached hydrogens (primary N) is 1. The zero-order valence-electron chi connectivity index (χ0n) is 9.76. The van der Waals surface area contributed by atoms with E-state index in [0.717, 1.165) is 17.9 Å². The average Bonchev–Trinajstić information content (AvgIpc) is 3.10. The highest BCUT2D eigenvalue weighted by molar-refractivity contribution is 5.50. The Morgan fingerprint density at radius 1 is 1.69 bits per heavy atom. The van der Waals surface area contributed by atoms with E-state index in [1.54, 1.807) is 0 Å². The third-order valence-corrected chi connectivity index (χ3v) is 2.89. The number of hydrogen-bond acceptors (Lipinski definition) is 3. The van der Waals surface area contributed by atoms with Crippen LogP contribution in [0.2, 0.25) is 0 Å². The van der Waals surface area contributed by atoms with Crippen molar-refractivity contribution in [3.63, 3.8) is 0 Å². The van der Waals surface area contributed by atoms with E-state index >= 15 is 0 Å². The minimum Gasteiger partial charge on any atom is -0.350 e. The van der Waals surface area contributed by atoms with Crippen molar-refractivity contribution in [1.29, 1.82) is 0 Å². The largest absolute Gasteiger partial charge is 0.350 e. The van der Waals surface area contributed by atoms with Gasteiger partial charge in [0.2, 0.25) is 0 Å². The van der Waals surface area contributed by atoms with Crippen LogP contribution in [0.3, 0.4) is 0 Å². The minimum absolute atomic E-state index is 0.0229. The Morgan fingerprint density at radius 2 is 2.44 bits per heavy atom. The summed E-state index contributed by atoms with van der Waals surface area (Å²) in [6.45, 7) is 6.66. The SMILES string of the molecule is C=CCN(c1ncccc1C(C)N)C1CC1. The van der Waals surface area contributed by atoms with E-state index < -0.39 is 0 Å². The van der Waals surface area contributed by atoms with Crippen molar-refractivity contribution in [3.8, 4) is 0 Å². The monoisotopic (exact) mass is 217 g/mol. The molecule has 1 aliphatic rings. The third kappa shape index (κ3) is 2.25. The summed E-state index contributed by atoms with van der Waals surface area (Å²) in [4.78, 5) is 6.79. The zero-order valence-corrected chi connectivity index (χ0v) is 9.76. The van der Waals surface area contributed by atoms with E-state index in [0.29, 0.717) is 6.04 Å². The maximum absolute atomic E-state index is 5.98. The second kappa shape index (κ2) is 4.66. The molecule has 1 atom stereocenters. The lowest BCUT2D eigenvalue weighted by atomic mass is 10.1. The maximum Gasteiger partial charge on any atom is 0.133 e. The second-order valence-electron chi connectivity index (χ2n) is 4.38. The molecular weight excluding hydrogens is 198 g/mol. The Hall–Kier alpha value is -1.35. The standard InChI is InChI=1S/C13H19N3/c1-3-9-16(11-6-7-11)13-12(10(2)14)5-4-8-15-13/h3-5,8,10-11H,1,6-7,9,14H2,2H3. The molecular formula is C13H19N3. The quantitative estimate of drug-likeness (QED) is 0.769. The van der Waals surface area contributed by atoms with Crippen LogP contribution < -0.4 is 10.6 Å². The Balaban J connectivity index is 2.31. The van der Waals surface area contributed by atoms with E-state index in [1.165, 1.54) is 12.8 Å². The molecule has 16 heavy (non-hydrogen) atoms. The first-order valence-electron chi connectivity index (χ1n) is 5.82. The van der Waals surface area contributed by atoms with Crippen LogP contribution in [-0.2, 0) is 0 Å². The van der Waals surface area contributed by atoms with Gasteiger partial charge in [-0.1, -0.05) is 12.1 Å². The molecule has 2 rings (SSSR count). The molecule has 1 fully saturated rings. The summed E-state index contributed by atoms with van der Waals surface area (Å²) in [5.41, 5.74) is 7.10. The van der Waals surface area contributed by atoms with E-state index in [2.05, 4.69) is 22.5 Å². The van der Waals surface area contributed by atoms with Crippen LogP contribution in [0.15, 0.2) is 31.0 Å². The fourth-order valence-electron chi connectivity index (χ4n) is 1.94. The third-order valence-electron chi connectivity index (χ3n) is 2.89. The molecule has 0 bridgehead atoms. The summed E-state index contributed by atoms with van der Waals surface area (Å²) in [6, 6.07) is 4.66.